The predicted molar refractivity (Wildman–Crippen MR) is 212 cm³/mol. The van der Waals surface area contributed by atoms with Crippen LogP contribution in [-0.2, 0) is 9.59 Å². The minimum absolute atomic E-state index is 0. The Bertz CT molecular complexity index is 1940. The van der Waals surface area contributed by atoms with Crippen LogP contribution in [0.4, 0.5) is 34.9 Å². The predicted octanol–water partition coefficient (Wildman–Crippen LogP) is 2.20. The summed E-state index contributed by atoms with van der Waals surface area (Å²) in [5.41, 5.74) is 25.8. The third-order valence-corrected chi connectivity index (χ3v) is 8.37. The van der Waals surface area contributed by atoms with Gasteiger partial charge in [0.15, 0.2) is 23.1 Å². The Hall–Kier alpha value is -4.81. The topological polar surface area (TPSA) is 265 Å². The summed E-state index contributed by atoms with van der Waals surface area (Å²) < 4.78 is 22.9. The van der Waals surface area contributed by atoms with Crippen LogP contribution in [0.15, 0.2) is 36.7 Å². The van der Waals surface area contributed by atoms with Crippen LogP contribution in [-0.4, -0.2) is 65.5 Å². The number of hydrogen-bond donors (Lipinski definition) is 5. The summed E-state index contributed by atoms with van der Waals surface area (Å²) in [7, 11) is 3.88. The standard InChI is InChI=1S/C18H24ClN5O3.C18H23N5O3.CH3O.Na/c1-10(2)11-7-14(26-3)12(23-16(25)5-4-6-19)8-13(11)27-15-9-22-18(21)24-17(15)20;1-10(2)11-7-14(25-3)12(23-6-4-5-16(23)24)8-13(11)26-15-9-21-18(20)22-17(15)19;1-2;/h7-10H,4-6H2,1-3H3,(H,23,25)(H4,20,21,22,24);7-10H,4-6H2,1-3H3,(H4,19,20,21,22);1H3;/q;;-1;+1. The molecule has 19 heteroatoms. The van der Waals surface area contributed by atoms with Crippen LogP contribution in [0.1, 0.15) is 76.3 Å². The summed E-state index contributed by atoms with van der Waals surface area (Å²) in [4.78, 5) is 41.7. The van der Waals surface area contributed by atoms with Gasteiger partial charge in [-0.3, -0.25) is 9.59 Å². The van der Waals surface area contributed by atoms with Crippen LogP contribution in [0.2, 0.25) is 0 Å². The number of halogens is 1. The molecule has 0 aliphatic carbocycles. The number of hydrogen-bond acceptors (Lipinski definition) is 15. The molecule has 0 atom stereocenters. The molecule has 2 aromatic heterocycles. The van der Waals surface area contributed by atoms with Crippen molar-refractivity contribution in [2.24, 2.45) is 0 Å². The fourth-order valence-corrected chi connectivity index (χ4v) is 5.53. The molecule has 17 nitrogen and oxygen atoms in total. The molecule has 0 spiro atoms. The van der Waals surface area contributed by atoms with Crippen molar-refractivity contribution in [1.82, 2.24) is 19.9 Å². The van der Waals surface area contributed by atoms with Crippen LogP contribution in [0.3, 0.4) is 0 Å². The van der Waals surface area contributed by atoms with Crippen LogP contribution < -0.4 is 86.8 Å². The third kappa shape index (κ3) is 12.6. The maximum atomic E-state index is 12.2. The summed E-state index contributed by atoms with van der Waals surface area (Å²) in [6.45, 7) is 8.78. The van der Waals surface area contributed by atoms with Crippen LogP contribution in [0.25, 0.3) is 0 Å². The van der Waals surface area contributed by atoms with Crippen molar-refractivity contribution in [2.45, 2.75) is 65.2 Å². The smallest absolute Gasteiger partial charge is 0.857 e. The summed E-state index contributed by atoms with van der Waals surface area (Å²) >= 11 is 5.65. The summed E-state index contributed by atoms with van der Waals surface area (Å²) in [5, 5.41) is 11.1. The second-order valence-electron chi connectivity index (χ2n) is 12.6. The van der Waals surface area contributed by atoms with Crippen molar-refractivity contribution in [1.29, 1.82) is 0 Å². The number of benzene rings is 2. The normalized spacial score (nSPS) is 11.8. The molecule has 2 aromatic carbocycles. The van der Waals surface area contributed by atoms with Gasteiger partial charge in [-0.1, -0.05) is 27.7 Å². The molecule has 1 fully saturated rings. The summed E-state index contributed by atoms with van der Waals surface area (Å²) in [6, 6.07) is 7.23. The fourth-order valence-electron chi connectivity index (χ4n) is 5.39. The molecule has 0 radical (unpaired) electrons. The SMILES string of the molecule is COc1cc(C(C)C)c(Oc2cnc(N)nc2N)cc1N1CCCC1=O.COc1cc(C(C)C)c(Oc2cnc(N)nc2N)cc1NC(=O)CCCCl.C[O-].[Na+]. The molecule has 2 amide bonds. The van der Waals surface area contributed by atoms with E-state index in [0.29, 0.717) is 71.8 Å². The van der Waals surface area contributed by atoms with E-state index in [4.69, 9.17) is 58.6 Å². The van der Waals surface area contributed by atoms with E-state index in [9.17, 15) is 9.59 Å². The van der Waals surface area contributed by atoms with E-state index in [1.807, 2.05) is 45.9 Å². The first-order valence-electron chi connectivity index (χ1n) is 17.4. The first-order valence-corrected chi connectivity index (χ1v) is 17.9. The monoisotopic (exact) mass is 804 g/mol. The van der Waals surface area contributed by atoms with Gasteiger partial charge in [0, 0.05) is 48.5 Å². The second-order valence-corrected chi connectivity index (χ2v) is 13.0. The van der Waals surface area contributed by atoms with Gasteiger partial charge >= 0.3 is 29.6 Å². The zero-order chi connectivity index (χ0) is 40.8. The molecular formula is C37H50ClN10NaO7. The molecule has 56 heavy (non-hydrogen) atoms. The van der Waals surface area contributed by atoms with Gasteiger partial charge in [-0.2, -0.15) is 17.1 Å². The van der Waals surface area contributed by atoms with Gasteiger partial charge in [-0.05, 0) is 36.8 Å². The Labute approximate surface area is 354 Å². The van der Waals surface area contributed by atoms with E-state index in [1.165, 1.54) is 12.4 Å². The van der Waals surface area contributed by atoms with Gasteiger partial charge in [0.05, 0.1) is 38.0 Å². The summed E-state index contributed by atoms with van der Waals surface area (Å²) in [6.07, 6.45) is 5.10. The number of ether oxygens (including phenoxy) is 4. The third-order valence-electron chi connectivity index (χ3n) is 8.11. The van der Waals surface area contributed by atoms with Gasteiger partial charge in [0.2, 0.25) is 23.7 Å². The van der Waals surface area contributed by atoms with E-state index in [-0.39, 0.29) is 82.5 Å². The largest absolute Gasteiger partial charge is 1.00 e. The van der Waals surface area contributed by atoms with E-state index < -0.39 is 0 Å². The number of nitrogens with zero attached hydrogens (tertiary/aromatic N) is 5. The number of nitrogens with two attached hydrogens (primary N) is 4. The maximum absolute atomic E-state index is 12.2. The van der Waals surface area contributed by atoms with Crippen LogP contribution in [0, 0.1) is 0 Å². The van der Waals surface area contributed by atoms with Crippen molar-refractivity contribution in [3.63, 3.8) is 0 Å². The van der Waals surface area contributed by atoms with E-state index in [1.54, 1.807) is 25.2 Å². The summed E-state index contributed by atoms with van der Waals surface area (Å²) in [5.74, 6) is 3.89. The molecule has 298 valence electrons. The number of anilines is 6. The van der Waals surface area contributed by atoms with E-state index in [0.717, 1.165) is 24.7 Å². The molecule has 1 saturated heterocycles. The van der Waals surface area contributed by atoms with Gasteiger partial charge in [0.25, 0.3) is 0 Å². The number of carbonyl (C=O) groups excluding carboxylic acids is 2. The number of rotatable bonds is 13. The molecule has 9 N–H and O–H groups in total. The van der Waals surface area contributed by atoms with Gasteiger partial charge in [0.1, 0.15) is 23.0 Å². The Morgan fingerprint density at radius 1 is 0.821 bits per heavy atom. The zero-order valence-electron chi connectivity index (χ0n) is 33.1. The number of carbonyl (C=O) groups is 2. The van der Waals surface area contributed by atoms with Crippen molar-refractivity contribution in [3.05, 3.63) is 47.8 Å². The molecule has 5 rings (SSSR count). The number of aromatic nitrogens is 4. The van der Waals surface area contributed by atoms with Crippen molar-refractivity contribution in [3.8, 4) is 34.5 Å². The molecular weight excluding hydrogens is 755 g/mol. The fraction of sp³-hybridized carbons (Fsp3) is 0.405. The number of methoxy groups -OCH3 is 2. The number of nitrogens with one attached hydrogen (secondary N) is 1. The molecule has 1 aliphatic rings. The van der Waals surface area contributed by atoms with E-state index in [2.05, 4.69) is 25.3 Å². The van der Waals surface area contributed by atoms with Crippen molar-refractivity contribution < 1.29 is 63.2 Å². The molecule has 1 aliphatic heterocycles. The van der Waals surface area contributed by atoms with Crippen molar-refractivity contribution in [2.75, 3.05) is 66.9 Å². The van der Waals surface area contributed by atoms with Crippen LogP contribution >= 0.6 is 11.6 Å². The average molecular weight is 805 g/mol. The Balaban J connectivity index is 0.000000364. The Kier molecular flexibility index (Phi) is 19.2. The van der Waals surface area contributed by atoms with Crippen molar-refractivity contribution >= 4 is 58.3 Å². The van der Waals surface area contributed by atoms with Gasteiger partial charge in [-0.15, -0.1) is 11.6 Å². The number of amides is 2. The first-order chi connectivity index (χ1) is 26.3. The average Bonchev–Trinajstić information content (AvgIpc) is 3.59. The minimum atomic E-state index is -0.160. The van der Waals surface area contributed by atoms with Gasteiger partial charge in [-0.25, -0.2) is 9.97 Å². The quantitative estimate of drug-likeness (QED) is 0.0958. The van der Waals surface area contributed by atoms with Gasteiger partial charge < -0.3 is 57.2 Å². The molecule has 0 bridgehead atoms. The maximum Gasteiger partial charge on any atom is 1.00 e. The molecule has 3 heterocycles. The number of nitrogen functional groups attached to an aromatic ring is 4. The Morgan fingerprint density at radius 2 is 1.32 bits per heavy atom. The first kappa shape index (κ1) is 47.3. The molecule has 4 aromatic rings. The Morgan fingerprint density at radius 3 is 1.75 bits per heavy atom. The van der Waals surface area contributed by atoms with E-state index >= 15 is 0 Å². The van der Waals surface area contributed by atoms with Crippen LogP contribution in [0.5, 0.6) is 34.5 Å². The minimum Gasteiger partial charge on any atom is -0.857 e. The zero-order valence-corrected chi connectivity index (χ0v) is 35.9. The molecule has 0 unspecified atom stereocenters. The number of alkyl halides is 1. The second kappa shape index (κ2) is 22.7. The molecule has 0 saturated carbocycles.